The number of carbonyl (C=O) groups excluding carboxylic acids is 1. The molecule has 2 N–H and O–H groups in total. The van der Waals surface area contributed by atoms with E-state index in [2.05, 4.69) is 26.2 Å². The Morgan fingerprint density at radius 1 is 1.27 bits per heavy atom. The number of benzene rings is 1. The molecule has 0 spiro atoms. The second-order valence-corrected chi connectivity index (χ2v) is 5.59. The second kappa shape index (κ2) is 6.11. The van der Waals surface area contributed by atoms with Crippen LogP contribution in [0.4, 0.5) is 0 Å². The molecule has 3 aromatic rings. The van der Waals surface area contributed by atoms with Gasteiger partial charge in [-0.1, -0.05) is 22.0 Å². The lowest BCUT2D eigenvalue weighted by Crippen LogP contribution is -2.28. The van der Waals surface area contributed by atoms with E-state index in [1.165, 1.54) is 0 Å². The van der Waals surface area contributed by atoms with Gasteiger partial charge in [0, 0.05) is 16.1 Å². The van der Waals surface area contributed by atoms with Gasteiger partial charge < -0.3 is 9.73 Å². The predicted molar refractivity (Wildman–Crippen MR) is 85.2 cm³/mol. The van der Waals surface area contributed by atoms with E-state index in [4.69, 9.17) is 9.83 Å². The Hall–Kier alpha value is -2.47. The Bertz CT molecular complexity index is 891. The lowest BCUT2D eigenvalue weighted by molar-refractivity contribution is 0.0946. The van der Waals surface area contributed by atoms with Gasteiger partial charge in [0.05, 0.1) is 12.2 Å². The van der Waals surface area contributed by atoms with Gasteiger partial charge in [0.15, 0.2) is 0 Å². The van der Waals surface area contributed by atoms with Crippen molar-refractivity contribution in [3.05, 3.63) is 69.9 Å². The van der Waals surface area contributed by atoms with E-state index in [1.807, 2.05) is 30.3 Å². The van der Waals surface area contributed by atoms with Crippen LogP contribution in [0.2, 0.25) is 0 Å². The number of nitrogens with zero attached hydrogens (tertiary/aromatic N) is 1. The molecule has 2 heterocycles. The third-order valence-corrected chi connectivity index (χ3v) is 3.62. The quantitative estimate of drug-likeness (QED) is 0.756. The van der Waals surface area contributed by atoms with E-state index in [9.17, 15) is 4.79 Å². The normalized spacial score (nSPS) is 10.6. The summed E-state index contributed by atoms with van der Waals surface area (Å²) in [5.74, 6) is -0.360. The summed E-state index contributed by atoms with van der Waals surface area (Å²) in [6.45, 7) is 0.301. The molecule has 3 rings (SSSR count). The van der Waals surface area contributed by atoms with Crippen molar-refractivity contribution in [3.63, 3.8) is 0 Å². The van der Waals surface area contributed by atoms with E-state index >= 15 is 0 Å². The summed E-state index contributed by atoms with van der Waals surface area (Å²) in [5, 5.41) is 11.4. The highest BCUT2D eigenvalue weighted by Crippen LogP contribution is 2.19. The Balaban J connectivity index is 1.87. The molecule has 110 valence electrons. The summed E-state index contributed by atoms with van der Waals surface area (Å²) in [4.78, 5) is 16.4. The van der Waals surface area contributed by atoms with Crippen LogP contribution in [0.3, 0.4) is 0 Å². The maximum Gasteiger partial charge on any atom is 0.257 e. The van der Waals surface area contributed by atoms with Gasteiger partial charge >= 0.3 is 0 Å². The number of halogens is 1. The number of nitrogens with one attached hydrogen (secondary N) is 2. The average Bonchev–Trinajstić information content (AvgIpc) is 2.53. The molecule has 0 radical (unpaired) electrons. The molecule has 0 saturated carbocycles. The summed E-state index contributed by atoms with van der Waals surface area (Å²) in [6, 6.07) is 12.6. The number of aromatic nitrogens is 1. The van der Waals surface area contributed by atoms with Crippen LogP contribution < -0.4 is 10.9 Å². The van der Waals surface area contributed by atoms with Crippen molar-refractivity contribution in [2.24, 2.45) is 0 Å². The minimum absolute atomic E-state index is 0.159. The largest absolute Gasteiger partial charge is 0.438 e. The van der Waals surface area contributed by atoms with E-state index in [0.29, 0.717) is 12.1 Å². The SMILES string of the molecule is N=c1oc2ccc(Br)cc2cc1C(=O)NCc1ccccn1. The van der Waals surface area contributed by atoms with Gasteiger partial charge in [-0.3, -0.25) is 15.2 Å². The maximum absolute atomic E-state index is 12.2. The zero-order valence-corrected chi connectivity index (χ0v) is 13.1. The minimum atomic E-state index is -0.360. The number of amides is 1. The first kappa shape index (κ1) is 14.5. The Morgan fingerprint density at radius 2 is 2.14 bits per heavy atom. The van der Waals surface area contributed by atoms with Crippen molar-refractivity contribution in [2.75, 3.05) is 0 Å². The van der Waals surface area contributed by atoms with E-state index in [1.54, 1.807) is 18.3 Å². The molecule has 0 bridgehead atoms. The third kappa shape index (κ3) is 3.07. The monoisotopic (exact) mass is 357 g/mol. The fourth-order valence-corrected chi connectivity index (χ4v) is 2.43. The molecule has 0 aliphatic heterocycles. The summed E-state index contributed by atoms with van der Waals surface area (Å²) in [5.41, 5.74) is 1.35. The Labute approximate surface area is 134 Å². The number of hydrogen-bond acceptors (Lipinski definition) is 4. The lowest BCUT2D eigenvalue weighted by atomic mass is 10.1. The summed E-state index contributed by atoms with van der Waals surface area (Å²) < 4.78 is 6.27. The van der Waals surface area contributed by atoms with Gasteiger partial charge in [-0.15, -0.1) is 0 Å². The molecule has 0 fully saturated rings. The highest BCUT2D eigenvalue weighted by atomic mass is 79.9. The van der Waals surface area contributed by atoms with Crippen LogP contribution >= 0.6 is 15.9 Å². The molecule has 6 heteroatoms. The Morgan fingerprint density at radius 3 is 2.91 bits per heavy atom. The van der Waals surface area contributed by atoms with Crippen molar-refractivity contribution in [3.8, 4) is 0 Å². The van der Waals surface area contributed by atoms with Gasteiger partial charge in [0.2, 0.25) is 5.55 Å². The summed E-state index contributed by atoms with van der Waals surface area (Å²) >= 11 is 3.38. The zero-order valence-electron chi connectivity index (χ0n) is 11.5. The summed E-state index contributed by atoms with van der Waals surface area (Å²) in [7, 11) is 0. The molecule has 1 amide bonds. The topological polar surface area (TPSA) is 79.0 Å². The second-order valence-electron chi connectivity index (χ2n) is 4.68. The lowest BCUT2D eigenvalue weighted by Gasteiger charge is -2.06. The van der Waals surface area contributed by atoms with Crippen LogP contribution in [-0.2, 0) is 6.54 Å². The standard InChI is InChI=1S/C16H12BrN3O2/c17-11-4-5-14-10(7-11)8-13(15(18)22-14)16(21)20-9-12-3-1-2-6-19-12/h1-8,18H,9H2,(H,20,21). The molecule has 2 aromatic heterocycles. The zero-order chi connectivity index (χ0) is 15.5. The van der Waals surface area contributed by atoms with Crippen molar-refractivity contribution in [1.29, 1.82) is 5.41 Å². The molecule has 5 nitrogen and oxygen atoms in total. The number of carbonyl (C=O) groups is 1. The van der Waals surface area contributed by atoms with Crippen molar-refractivity contribution in [1.82, 2.24) is 10.3 Å². The minimum Gasteiger partial charge on any atom is -0.438 e. The molecule has 0 atom stereocenters. The first-order valence-electron chi connectivity index (χ1n) is 6.59. The summed E-state index contributed by atoms with van der Waals surface area (Å²) in [6.07, 6.45) is 1.67. The van der Waals surface area contributed by atoms with Gasteiger partial charge in [0.1, 0.15) is 11.1 Å². The van der Waals surface area contributed by atoms with Crippen LogP contribution in [0.5, 0.6) is 0 Å². The first-order valence-corrected chi connectivity index (χ1v) is 7.39. The number of rotatable bonds is 3. The van der Waals surface area contributed by atoms with Crippen LogP contribution in [0.15, 0.2) is 57.6 Å². The fraction of sp³-hybridized carbons (Fsp3) is 0.0625. The van der Waals surface area contributed by atoms with E-state index < -0.39 is 0 Å². The molecule has 0 saturated heterocycles. The van der Waals surface area contributed by atoms with Crippen molar-refractivity contribution >= 4 is 32.8 Å². The average molecular weight is 358 g/mol. The molecule has 0 aliphatic rings. The fourth-order valence-electron chi connectivity index (χ4n) is 2.05. The molecule has 0 unspecified atom stereocenters. The highest BCUT2D eigenvalue weighted by molar-refractivity contribution is 9.10. The highest BCUT2D eigenvalue weighted by Gasteiger charge is 2.11. The number of fused-ring (bicyclic) bond motifs is 1. The smallest absolute Gasteiger partial charge is 0.257 e. The maximum atomic E-state index is 12.2. The number of pyridine rings is 1. The van der Waals surface area contributed by atoms with Crippen LogP contribution in [0.1, 0.15) is 16.1 Å². The van der Waals surface area contributed by atoms with Gasteiger partial charge in [0.25, 0.3) is 5.91 Å². The Kier molecular flexibility index (Phi) is 4.02. The van der Waals surface area contributed by atoms with Crippen LogP contribution in [0.25, 0.3) is 11.0 Å². The van der Waals surface area contributed by atoms with Crippen LogP contribution in [0, 0.1) is 5.41 Å². The molecular formula is C16H12BrN3O2. The predicted octanol–water partition coefficient (Wildman–Crippen LogP) is 3.00. The van der Waals surface area contributed by atoms with Gasteiger partial charge in [-0.05, 0) is 36.4 Å². The van der Waals surface area contributed by atoms with Crippen molar-refractivity contribution in [2.45, 2.75) is 6.54 Å². The molecule has 0 aliphatic carbocycles. The van der Waals surface area contributed by atoms with Gasteiger partial charge in [-0.2, -0.15) is 0 Å². The van der Waals surface area contributed by atoms with Crippen LogP contribution in [-0.4, -0.2) is 10.9 Å². The number of hydrogen-bond donors (Lipinski definition) is 2. The van der Waals surface area contributed by atoms with Crippen molar-refractivity contribution < 1.29 is 9.21 Å². The third-order valence-electron chi connectivity index (χ3n) is 3.13. The molecule has 1 aromatic carbocycles. The van der Waals surface area contributed by atoms with E-state index in [0.717, 1.165) is 15.6 Å². The van der Waals surface area contributed by atoms with Gasteiger partial charge in [-0.25, -0.2) is 0 Å². The molecule has 22 heavy (non-hydrogen) atoms. The van der Waals surface area contributed by atoms with E-state index in [-0.39, 0.29) is 17.0 Å². The molecular weight excluding hydrogens is 346 g/mol. The first-order chi connectivity index (χ1) is 10.6.